The van der Waals surface area contributed by atoms with Crippen molar-refractivity contribution in [3.8, 4) is 17.2 Å². The quantitative estimate of drug-likeness (QED) is 0.769. The van der Waals surface area contributed by atoms with E-state index in [2.05, 4.69) is 10.9 Å². The van der Waals surface area contributed by atoms with Crippen LogP contribution in [-0.4, -0.2) is 32.1 Å². The van der Waals surface area contributed by atoms with Crippen molar-refractivity contribution in [2.75, 3.05) is 14.2 Å². The molecule has 0 unspecified atom stereocenters. The molecular formula is C18H19FN2O5. The van der Waals surface area contributed by atoms with Crippen LogP contribution >= 0.6 is 0 Å². The number of rotatable bonds is 6. The number of hydrogen-bond donors (Lipinski definition) is 2. The smallest absolute Gasteiger partial charge is 0.279 e. The Hall–Kier alpha value is -3.29. The van der Waals surface area contributed by atoms with Crippen molar-refractivity contribution in [3.63, 3.8) is 0 Å². The first kappa shape index (κ1) is 19.0. The van der Waals surface area contributed by atoms with Gasteiger partial charge in [0.2, 0.25) is 0 Å². The largest absolute Gasteiger partial charge is 0.497 e. The highest BCUT2D eigenvalue weighted by molar-refractivity contribution is 5.98. The summed E-state index contributed by atoms with van der Waals surface area (Å²) in [6.45, 7) is 1.50. The summed E-state index contributed by atoms with van der Waals surface area (Å²) in [6.07, 6.45) is -0.909. The number of nitrogens with one attached hydrogen (secondary N) is 2. The summed E-state index contributed by atoms with van der Waals surface area (Å²) in [5, 5.41) is 0. The van der Waals surface area contributed by atoms with Gasteiger partial charge in [0.15, 0.2) is 6.10 Å². The number of methoxy groups -OCH3 is 2. The van der Waals surface area contributed by atoms with Gasteiger partial charge < -0.3 is 14.2 Å². The average Bonchev–Trinajstić information content (AvgIpc) is 2.66. The number of amides is 2. The van der Waals surface area contributed by atoms with Gasteiger partial charge in [0.05, 0.1) is 19.8 Å². The molecule has 7 nitrogen and oxygen atoms in total. The molecule has 0 aliphatic carbocycles. The van der Waals surface area contributed by atoms with Crippen LogP contribution in [-0.2, 0) is 4.79 Å². The van der Waals surface area contributed by atoms with Gasteiger partial charge in [-0.1, -0.05) is 0 Å². The third-order valence-electron chi connectivity index (χ3n) is 3.45. The highest BCUT2D eigenvalue weighted by Crippen LogP contribution is 2.23. The first-order chi connectivity index (χ1) is 12.4. The van der Waals surface area contributed by atoms with Crippen molar-refractivity contribution in [1.29, 1.82) is 0 Å². The summed E-state index contributed by atoms with van der Waals surface area (Å²) in [6, 6.07) is 9.95. The summed E-state index contributed by atoms with van der Waals surface area (Å²) in [5.41, 5.74) is 4.75. The van der Waals surface area contributed by atoms with Crippen LogP contribution in [0.4, 0.5) is 4.39 Å². The van der Waals surface area contributed by atoms with Crippen molar-refractivity contribution in [2.24, 2.45) is 0 Å². The van der Waals surface area contributed by atoms with Crippen LogP contribution in [0.25, 0.3) is 0 Å². The van der Waals surface area contributed by atoms with Gasteiger partial charge in [0.25, 0.3) is 11.8 Å². The second kappa shape index (κ2) is 8.70. The molecule has 2 rings (SSSR count). The highest BCUT2D eigenvalue weighted by atomic mass is 19.1. The van der Waals surface area contributed by atoms with Crippen molar-refractivity contribution in [2.45, 2.75) is 13.0 Å². The number of halogens is 1. The van der Waals surface area contributed by atoms with E-state index >= 15 is 0 Å². The van der Waals surface area contributed by atoms with E-state index in [0.29, 0.717) is 17.2 Å². The molecule has 0 saturated heterocycles. The molecule has 2 aromatic rings. The Bertz CT molecular complexity index is 780. The second-order valence-corrected chi connectivity index (χ2v) is 5.22. The summed E-state index contributed by atoms with van der Waals surface area (Å²) < 4.78 is 28.4. The van der Waals surface area contributed by atoms with Gasteiger partial charge in [0.1, 0.15) is 23.1 Å². The molecule has 0 spiro atoms. The van der Waals surface area contributed by atoms with Crippen LogP contribution < -0.4 is 25.1 Å². The summed E-state index contributed by atoms with van der Waals surface area (Å²) >= 11 is 0. The van der Waals surface area contributed by atoms with Crippen LogP contribution in [0.3, 0.4) is 0 Å². The topological polar surface area (TPSA) is 85.9 Å². The minimum absolute atomic E-state index is 0.194. The van der Waals surface area contributed by atoms with E-state index in [0.717, 1.165) is 0 Å². The maximum absolute atomic E-state index is 12.9. The van der Waals surface area contributed by atoms with Gasteiger partial charge in [-0.3, -0.25) is 20.4 Å². The fourth-order valence-electron chi connectivity index (χ4n) is 2.05. The summed E-state index contributed by atoms with van der Waals surface area (Å²) in [7, 11) is 2.90. The molecule has 1 atom stereocenters. The normalized spacial score (nSPS) is 11.2. The monoisotopic (exact) mass is 362 g/mol. The van der Waals surface area contributed by atoms with E-state index in [1.807, 2.05) is 0 Å². The molecule has 26 heavy (non-hydrogen) atoms. The third kappa shape index (κ3) is 4.85. The third-order valence-corrected chi connectivity index (χ3v) is 3.45. The first-order valence-corrected chi connectivity index (χ1v) is 7.69. The number of carbonyl (C=O) groups excluding carboxylic acids is 2. The Morgan fingerprint density at radius 3 is 2.23 bits per heavy atom. The molecule has 2 N–H and O–H groups in total. The minimum Gasteiger partial charge on any atom is -0.497 e. The number of hydrogen-bond acceptors (Lipinski definition) is 5. The van der Waals surface area contributed by atoms with Gasteiger partial charge in [-0.25, -0.2) is 4.39 Å². The fraction of sp³-hybridized carbons (Fsp3) is 0.222. The molecule has 138 valence electrons. The van der Waals surface area contributed by atoms with Crippen molar-refractivity contribution in [3.05, 3.63) is 53.8 Å². The van der Waals surface area contributed by atoms with E-state index in [-0.39, 0.29) is 5.56 Å². The maximum atomic E-state index is 12.9. The molecule has 0 aliphatic rings. The van der Waals surface area contributed by atoms with Crippen LogP contribution in [0.5, 0.6) is 17.2 Å². The lowest BCUT2D eigenvalue weighted by Crippen LogP contribution is -2.47. The predicted octanol–water partition coefficient (Wildman–Crippen LogP) is 2.07. The molecule has 8 heteroatoms. The van der Waals surface area contributed by atoms with Gasteiger partial charge in [-0.05, 0) is 49.4 Å². The standard InChI is InChI=1S/C18H19FN2O5/c1-11(26-13-6-4-12(19)5-7-13)17(22)20-21-18(23)15-10-14(24-2)8-9-16(15)25-3/h4-11H,1-3H3,(H,20,22)(H,21,23)/t11-/m1/s1. The first-order valence-electron chi connectivity index (χ1n) is 7.69. The molecule has 0 saturated carbocycles. The fourth-order valence-corrected chi connectivity index (χ4v) is 2.05. The van der Waals surface area contributed by atoms with Crippen LogP contribution in [0.2, 0.25) is 0 Å². The van der Waals surface area contributed by atoms with E-state index in [1.165, 1.54) is 51.5 Å². The van der Waals surface area contributed by atoms with Gasteiger partial charge in [-0.15, -0.1) is 0 Å². The number of benzene rings is 2. The Balaban J connectivity index is 1.95. The lowest BCUT2D eigenvalue weighted by Gasteiger charge is -2.16. The van der Waals surface area contributed by atoms with Crippen LogP contribution in [0.15, 0.2) is 42.5 Å². The number of hydrazine groups is 1. The molecule has 0 fully saturated rings. The molecule has 2 aromatic carbocycles. The molecule has 0 aromatic heterocycles. The van der Waals surface area contributed by atoms with E-state index in [9.17, 15) is 14.0 Å². The minimum atomic E-state index is -0.909. The SMILES string of the molecule is COc1ccc(OC)c(C(=O)NNC(=O)[C@@H](C)Oc2ccc(F)cc2)c1. The summed E-state index contributed by atoms with van der Waals surface area (Å²) in [4.78, 5) is 24.3. The van der Waals surface area contributed by atoms with Crippen LogP contribution in [0, 0.1) is 5.82 Å². The lowest BCUT2D eigenvalue weighted by atomic mass is 10.2. The molecular weight excluding hydrogens is 343 g/mol. The van der Waals surface area contributed by atoms with Gasteiger partial charge >= 0.3 is 0 Å². The van der Waals surface area contributed by atoms with Crippen molar-refractivity contribution >= 4 is 11.8 Å². The molecule has 0 radical (unpaired) electrons. The average molecular weight is 362 g/mol. The zero-order chi connectivity index (χ0) is 19.1. The van der Waals surface area contributed by atoms with E-state index in [4.69, 9.17) is 14.2 Å². The predicted molar refractivity (Wildman–Crippen MR) is 91.6 cm³/mol. The maximum Gasteiger partial charge on any atom is 0.279 e. The zero-order valence-corrected chi connectivity index (χ0v) is 14.5. The van der Waals surface area contributed by atoms with Crippen molar-refractivity contribution in [1.82, 2.24) is 10.9 Å². The molecule has 0 heterocycles. The number of carbonyl (C=O) groups is 2. The lowest BCUT2D eigenvalue weighted by molar-refractivity contribution is -0.128. The molecule has 0 aliphatic heterocycles. The van der Waals surface area contributed by atoms with E-state index < -0.39 is 23.7 Å². The molecule has 2 amide bonds. The molecule has 0 bridgehead atoms. The Kier molecular flexibility index (Phi) is 6.37. The Labute approximate surface area is 150 Å². The summed E-state index contributed by atoms with van der Waals surface area (Å²) in [5.74, 6) is -0.445. The van der Waals surface area contributed by atoms with Crippen LogP contribution in [0.1, 0.15) is 17.3 Å². The number of ether oxygens (including phenoxy) is 3. The Morgan fingerprint density at radius 1 is 0.962 bits per heavy atom. The van der Waals surface area contributed by atoms with Crippen molar-refractivity contribution < 1.29 is 28.2 Å². The van der Waals surface area contributed by atoms with E-state index in [1.54, 1.807) is 12.1 Å². The second-order valence-electron chi connectivity index (χ2n) is 5.22. The van der Waals surface area contributed by atoms with Gasteiger partial charge in [0, 0.05) is 0 Å². The Morgan fingerprint density at radius 2 is 1.62 bits per heavy atom. The van der Waals surface area contributed by atoms with Gasteiger partial charge in [-0.2, -0.15) is 0 Å². The highest BCUT2D eigenvalue weighted by Gasteiger charge is 2.18. The zero-order valence-electron chi connectivity index (χ0n) is 14.5.